The fourth-order valence-corrected chi connectivity index (χ4v) is 1.72. The fraction of sp³-hybridized carbons (Fsp3) is 0.385. The zero-order chi connectivity index (χ0) is 14.3. The number of ether oxygens (including phenoxy) is 1. The van der Waals surface area contributed by atoms with Crippen LogP contribution in [-0.4, -0.2) is 50.6 Å². The van der Waals surface area contributed by atoms with E-state index >= 15 is 0 Å². The van der Waals surface area contributed by atoms with Gasteiger partial charge in [0.1, 0.15) is 0 Å². The van der Waals surface area contributed by atoms with Crippen molar-refractivity contribution in [2.45, 2.75) is 4.90 Å². The smallest absolute Gasteiger partial charge is 0.254 e. The number of carbonyl (C=O) groups excluding carboxylic acids is 2. The lowest BCUT2D eigenvalue weighted by Crippen LogP contribution is -2.39. The van der Waals surface area contributed by atoms with Crippen molar-refractivity contribution in [2.75, 3.05) is 33.9 Å². The van der Waals surface area contributed by atoms with Crippen LogP contribution in [0.15, 0.2) is 29.2 Å². The van der Waals surface area contributed by atoms with Gasteiger partial charge in [-0.25, -0.2) is 0 Å². The van der Waals surface area contributed by atoms with E-state index in [1.807, 2.05) is 0 Å². The van der Waals surface area contributed by atoms with Crippen LogP contribution in [0.1, 0.15) is 10.4 Å². The number of hydrogen-bond donors (Lipinski definition) is 2. The predicted octanol–water partition coefficient (Wildman–Crippen LogP) is 0.810. The molecule has 0 saturated carbocycles. The Hall–Kier alpha value is -1.53. The molecule has 5 nitrogen and oxygen atoms in total. The lowest BCUT2D eigenvalue weighted by molar-refractivity contribution is -0.121. The molecule has 19 heavy (non-hydrogen) atoms. The van der Waals surface area contributed by atoms with Crippen molar-refractivity contribution in [1.29, 1.82) is 0 Å². The van der Waals surface area contributed by atoms with E-state index in [1.165, 1.54) is 4.90 Å². The molecule has 0 radical (unpaired) electrons. The van der Waals surface area contributed by atoms with Crippen LogP contribution in [0.2, 0.25) is 0 Å². The number of nitrogens with zero attached hydrogens (tertiary/aromatic N) is 1. The topological polar surface area (TPSA) is 58.6 Å². The summed E-state index contributed by atoms with van der Waals surface area (Å²) in [5.41, 5.74) is 0.514. The summed E-state index contributed by atoms with van der Waals surface area (Å²) < 4.78 is 4.82. The number of amides is 2. The third-order valence-corrected chi connectivity index (χ3v) is 2.73. The van der Waals surface area contributed by atoms with Gasteiger partial charge in [0.05, 0.1) is 13.2 Å². The zero-order valence-corrected chi connectivity index (χ0v) is 11.9. The van der Waals surface area contributed by atoms with Gasteiger partial charge < -0.3 is 15.0 Å². The van der Waals surface area contributed by atoms with Crippen molar-refractivity contribution in [2.24, 2.45) is 0 Å². The summed E-state index contributed by atoms with van der Waals surface area (Å²) in [6, 6.07) is 6.91. The second-order valence-corrected chi connectivity index (χ2v) is 4.57. The third kappa shape index (κ3) is 5.32. The molecule has 0 unspecified atom stereocenters. The highest BCUT2D eigenvalue weighted by molar-refractivity contribution is 7.80. The number of methoxy groups -OCH3 is 1. The second-order valence-electron chi connectivity index (χ2n) is 4.05. The summed E-state index contributed by atoms with van der Waals surface area (Å²) in [4.78, 5) is 25.7. The molecule has 1 aromatic carbocycles. The van der Waals surface area contributed by atoms with Crippen LogP contribution in [0.5, 0.6) is 0 Å². The minimum absolute atomic E-state index is 0.0132. The Morgan fingerprint density at radius 3 is 2.79 bits per heavy atom. The molecular formula is C13H18N2O3S. The van der Waals surface area contributed by atoms with Gasteiger partial charge in [0.2, 0.25) is 5.91 Å². The predicted molar refractivity (Wildman–Crippen MR) is 75.5 cm³/mol. The summed E-state index contributed by atoms with van der Waals surface area (Å²) in [7, 11) is 3.15. The number of benzene rings is 1. The van der Waals surface area contributed by atoms with Crippen LogP contribution in [0.4, 0.5) is 0 Å². The summed E-state index contributed by atoms with van der Waals surface area (Å²) in [5, 5.41) is 2.66. The molecule has 0 spiro atoms. The molecule has 0 fully saturated rings. The number of nitrogens with one attached hydrogen (secondary N) is 1. The van der Waals surface area contributed by atoms with Gasteiger partial charge in [-0.1, -0.05) is 6.07 Å². The summed E-state index contributed by atoms with van der Waals surface area (Å²) in [6.45, 7) is 0.897. The van der Waals surface area contributed by atoms with E-state index in [9.17, 15) is 9.59 Å². The van der Waals surface area contributed by atoms with E-state index in [0.29, 0.717) is 23.6 Å². The van der Waals surface area contributed by atoms with Crippen LogP contribution in [-0.2, 0) is 9.53 Å². The summed E-state index contributed by atoms with van der Waals surface area (Å²) in [6.07, 6.45) is 0. The average Bonchev–Trinajstić information content (AvgIpc) is 2.38. The first-order valence-corrected chi connectivity index (χ1v) is 6.29. The molecule has 0 bridgehead atoms. The average molecular weight is 282 g/mol. The zero-order valence-electron chi connectivity index (χ0n) is 11.0. The van der Waals surface area contributed by atoms with E-state index in [-0.39, 0.29) is 18.4 Å². The van der Waals surface area contributed by atoms with Gasteiger partial charge in [-0.3, -0.25) is 9.59 Å². The molecule has 1 N–H and O–H groups in total. The third-order valence-electron chi connectivity index (χ3n) is 2.45. The number of likely N-dealkylation sites (N-methyl/N-ethyl adjacent to an activating group) is 1. The highest BCUT2D eigenvalue weighted by Gasteiger charge is 2.14. The molecule has 0 saturated heterocycles. The molecule has 6 heteroatoms. The Balaban J connectivity index is 2.51. The Morgan fingerprint density at radius 1 is 1.42 bits per heavy atom. The molecule has 104 valence electrons. The van der Waals surface area contributed by atoms with Gasteiger partial charge >= 0.3 is 0 Å². The highest BCUT2D eigenvalue weighted by atomic mass is 32.1. The van der Waals surface area contributed by atoms with Crippen molar-refractivity contribution in [1.82, 2.24) is 10.2 Å². The lowest BCUT2D eigenvalue weighted by Gasteiger charge is -2.17. The van der Waals surface area contributed by atoms with E-state index in [2.05, 4.69) is 17.9 Å². The normalized spacial score (nSPS) is 10.1. The van der Waals surface area contributed by atoms with Crippen LogP contribution < -0.4 is 5.32 Å². The quantitative estimate of drug-likeness (QED) is 0.599. The largest absolute Gasteiger partial charge is 0.383 e. The van der Waals surface area contributed by atoms with Crippen molar-refractivity contribution < 1.29 is 14.3 Å². The number of hydrogen-bond acceptors (Lipinski definition) is 4. The maximum absolute atomic E-state index is 12.0. The summed E-state index contributed by atoms with van der Waals surface area (Å²) in [5.74, 6) is -0.423. The van der Waals surface area contributed by atoms with Crippen LogP contribution in [0.3, 0.4) is 0 Å². The second kappa shape index (κ2) is 7.81. The summed E-state index contributed by atoms with van der Waals surface area (Å²) >= 11 is 4.18. The number of carbonyl (C=O) groups is 2. The van der Waals surface area contributed by atoms with Crippen LogP contribution >= 0.6 is 12.6 Å². The van der Waals surface area contributed by atoms with Gasteiger partial charge in [0, 0.05) is 31.2 Å². The van der Waals surface area contributed by atoms with Crippen molar-refractivity contribution in [3.05, 3.63) is 29.8 Å². The molecule has 0 atom stereocenters. The minimum atomic E-state index is -0.213. The lowest BCUT2D eigenvalue weighted by atomic mass is 10.2. The van der Waals surface area contributed by atoms with Gasteiger partial charge in [-0.05, 0) is 18.2 Å². The van der Waals surface area contributed by atoms with Crippen LogP contribution in [0, 0.1) is 0 Å². The molecule has 2 amide bonds. The molecule has 0 heterocycles. The fourth-order valence-electron chi connectivity index (χ4n) is 1.49. The number of thiol groups is 1. The van der Waals surface area contributed by atoms with Crippen LogP contribution in [0.25, 0.3) is 0 Å². The van der Waals surface area contributed by atoms with Gasteiger partial charge in [0.25, 0.3) is 5.91 Å². The Morgan fingerprint density at radius 2 is 2.16 bits per heavy atom. The first-order chi connectivity index (χ1) is 9.04. The minimum Gasteiger partial charge on any atom is -0.383 e. The maximum atomic E-state index is 12.0. The molecule has 0 aliphatic heterocycles. The van der Waals surface area contributed by atoms with Gasteiger partial charge in [-0.15, -0.1) is 12.6 Å². The maximum Gasteiger partial charge on any atom is 0.254 e. The Kier molecular flexibility index (Phi) is 6.38. The van der Waals surface area contributed by atoms with Gasteiger partial charge in [0.15, 0.2) is 0 Å². The van der Waals surface area contributed by atoms with Crippen molar-refractivity contribution in [3.8, 4) is 0 Å². The van der Waals surface area contributed by atoms with Crippen molar-refractivity contribution >= 4 is 24.4 Å². The Labute approximate surface area is 118 Å². The van der Waals surface area contributed by atoms with E-state index in [4.69, 9.17) is 4.74 Å². The SMILES string of the molecule is COCCNC(=O)CN(C)C(=O)c1cccc(S)c1. The molecule has 0 aromatic heterocycles. The monoisotopic (exact) mass is 282 g/mol. The number of rotatable bonds is 6. The molecule has 0 aliphatic rings. The standard InChI is InChI=1S/C13H18N2O3S/c1-15(9-12(16)14-6-7-18-2)13(17)10-4-3-5-11(19)8-10/h3-5,8,19H,6-7,9H2,1-2H3,(H,14,16). The van der Waals surface area contributed by atoms with E-state index in [1.54, 1.807) is 38.4 Å². The van der Waals surface area contributed by atoms with E-state index in [0.717, 1.165) is 0 Å². The first-order valence-electron chi connectivity index (χ1n) is 5.84. The van der Waals surface area contributed by atoms with Gasteiger partial charge in [-0.2, -0.15) is 0 Å². The molecular weight excluding hydrogens is 264 g/mol. The van der Waals surface area contributed by atoms with E-state index < -0.39 is 0 Å². The first kappa shape index (κ1) is 15.5. The Bertz CT molecular complexity index is 451. The highest BCUT2D eigenvalue weighted by Crippen LogP contribution is 2.10. The molecule has 1 rings (SSSR count). The van der Waals surface area contributed by atoms with Crippen molar-refractivity contribution in [3.63, 3.8) is 0 Å². The molecule has 1 aromatic rings. The molecule has 0 aliphatic carbocycles.